The van der Waals surface area contributed by atoms with Gasteiger partial charge in [0.2, 0.25) is 0 Å². The number of imide groups is 1. The summed E-state index contributed by atoms with van der Waals surface area (Å²) < 4.78 is 0. The van der Waals surface area contributed by atoms with Gasteiger partial charge >= 0.3 is 6.03 Å². The van der Waals surface area contributed by atoms with Gasteiger partial charge in [-0.3, -0.25) is 10.1 Å². The van der Waals surface area contributed by atoms with Crippen molar-refractivity contribution in [3.63, 3.8) is 0 Å². The molecule has 4 rings (SSSR count). The van der Waals surface area contributed by atoms with Crippen molar-refractivity contribution in [3.8, 4) is 0 Å². The van der Waals surface area contributed by atoms with Gasteiger partial charge in [-0.15, -0.1) is 0 Å². The molecule has 2 bridgehead atoms. The summed E-state index contributed by atoms with van der Waals surface area (Å²) in [5.74, 6) is 2.58. The third-order valence-corrected chi connectivity index (χ3v) is 5.49. The van der Waals surface area contributed by atoms with Crippen molar-refractivity contribution in [1.82, 2.24) is 10.6 Å². The van der Waals surface area contributed by atoms with E-state index in [1.807, 2.05) is 0 Å². The van der Waals surface area contributed by atoms with Gasteiger partial charge in [-0.25, -0.2) is 4.79 Å². The number of carbonyl (C=O) groups excluding carboxylic acids is 2. The summed E-state index contributed by atoms with van der Waals surface area (Å²) in [4.78, 5) is 23.3. The lowest BCUT2D eigenvalue weighted by molar-refractivity contribution is -0.126. The first kappa shape index (κ1) is 9.02. The molecule has 4 nitrogen and oxygen atoms in total. The lowest BCUT2D eigenvalue weighted by Crippen LogP contribution is -2.54. The second-order valence-electron chi connectivity index (χ2n) is 5.94. The molecule has 4 aliphatic rings. The van der Waals surface area contributed by atoms with Crippen molar-refractivity contribution < 1.29 is 9.59 Å². The van der Waals surface area contributed by atoms with Gasteiger partial charge in [0, 0.05) is 0 Å². The molecule has 3 saturated carbocycles. The second-order valence-corrected chi connectivity index (χ2v) is 5.94. The summed E-state index contributed by atoms with van der Waals surface area (Å²) in [7, 11) is 0. The van der Waals surface area contributed by atoms with Gasteiger partial charge in [-0.05, 0) is 49.4 Å². The Kier molecular flexibility index (Phi) is 1.47. The first-order valence-corrected chi connectivity index (χ1v) is 6.34. The number of nitrogens with one attached hydrogen (secondary N) is 2. The van der Waals surface area contributed by atoms with Gasteiger partial charge in [-0.1, -0.05) is 6.42 Å². The van der Waals surface area contributed by atoms with Crippen LogP contribution in [0.15, 0.2) is 0 Å². The summed E-state index contributed by atoms with van der Waals surface area (Å²) in [6.07, 6.45) is 5.96. The smallest absolute Gasteiger partial charge is 0.322 e. The Morgan fingerprint density at radius 1 is 1.19 bits per heavy atom. The van der Waals surface area contributed by atoms with Crippen LogP contribution >= 0.6 is 0 Å². The molecule has 0 aromatic rings. The third-order valence-electron chi connectivity index (χ3n) is 5.49. The molecule has 1 heterocycles. The summed E-state index contributed by atoms with van der Waals surface area (Å²) >= 11 is 0. The van der Waals surface area contributed by atoms with Gasteiger partial charge in [-0.2, -0.15) is 0 Å². The maximum absolute atomic E-state index is 12.0. The fourth-order valence-electron chi connectivity index (χ4n) is 5.05. The van der Waals surface area contributed by atoms with E-state index in [0.29, 0.717) is 17.8 Å². The highest BCUT2D eigenvalue weighted by atomic mass is 16.2. The zero-order valence-corrected chi connectivity index (χ0v) is 9.16. The molecule has 1 spiro atoms. The Balaban J connectivity index is 1.74. The molecule has 4 fully saturated rings. The zero-order valence-electron chi connectivity index (χ0n) is 9.16. The minimum absolute atomic E-state index is 0.0599. The van der Waals surface area contributed by atoms with E-state index in [9.17, 15) is 9.59 Å². The second kappa shape index (κ2) is 2.60. The topological polar surface area (TPSA) is 58.2 Å². The quantitative estimate of drug-likeness (QED) is 0.599. The molecule has 0 unspecified atom stereocenters. The van der Waals surface area contributed by atoms with Crippen LogP contribution in [0.2, 0.25) is 0 Å². The van der Waals surface area contributed by atoms with Crippen LogP contribution in [0.5, 0.6) is 0 Å². The van der Waals surface area contributed by atoms with Gasteiger partial charge in [0.1, 0.15) is 5.54 Å². The molecule has 0 radical (unpaired) electrons. The van der Waals surface area contributed by atoms with E-state index in [0.717, 1.165) is 18.8 Å². The normalized spacial score (nSPS) is 53.2. The number of carbonyl (C=O) groups is 2. The number of hydrogen-bond donors (Lipinski definition) is 2. The Labute approximate surface area is 94.2 Å². The molecule has 1 saturated heterocycles. The van der Waals surface area contributed by atoms with E-state index in [1.165, 1.54) is 19.3 Å². The average Bonchev–Trinajstić information content (AvgIpc) is 2.89. The molecule has 4 heteroatoms. The Morgan fingerprint density at radius 3 is 2.75 bits per heavy atom. The number of urea groups is 1. The first-order valence-electron chi connectivity index (χ1n) is 6.34. The molecule has 1 aliphatic heterocycles. The summed E-state index contributed by atoms with van der Waals surface area (Å²) in [6, 6.07) is -0.285. The highest BCUT2D eigenvalue weighted by Crippen LogP contribution is 2.62. The molecule has 86 valence electrons. The SMILES string of the molecule is O=C1NC(=O)[C@]2(C[C@H]3C[C@H]2[C@H]2CCC[C@H]32)N1. The van der Waals surface area contributed by atoms with Crippen molar-refractivity contribution in [2.45, 2.75) is 37.6 Å². The Morgan fingerprint density at radius 2 is 2.00 bits per heavy atom. The van der Waals surface area contributed by atoms with E-state index < -0.39 is 5.54 Å². The molecule has 5 atom stereocenters. The predicted molar refractivity (Wildman–Crippen MR) is 56.5 cm³/mol. The molecule has 2 N–H and O–H groups in total. The van der Waals surface area contributed by atoms with Gasteiger partial charge in [0.05, 0.1) is 0 Å². The maximum Gasteiger partial charge on any atom is 0.322 e. The monoisotopic (exact) mass is 220 g/mol. The van der Waals surface area contributed by atoms with Gasteiger partial charge in [0.25, 0.3) is 5.91 Å². The number of hydrogen-bond acceptors (Lipinski definition) is 2. The van der Waals surface area contributed by atoms with Gasteiger partial charge in [0.15, 0.2) is 0 Å². The number of rotatable bonds is 0. The molecular formula is C12H16N2O2. The lowest BCUT2D eigenvalue weighted by atomic mass is 9.71. The van der Waals surface area contributed by atoms with Crippen molar-refractivity contribution in [3.05, 3.63) is 0 Å². The van der Waals surface area contributed by atoms with Crippen LogP contribution in [0.3, 0.4) is 0 Å². The van der Waals surface area contributed by atoms with Crippen molar-refractivity contribution in [2.24, 2.45) is 23.7 Å². The fraction of sp³-hybridized carbons (Fsp3) is 0.833. The standard InChI is InChI=1S/C12H16N2O2/c15-10-12(14-11(16)13-10)5-6-4-9(12)8-3-1-2-7(6)8/h6-9H,1-5H2,(H2,13,14,15,16)/t6-,7-,8+,9+,12-/m1/s1. The highest BCUT2D eigenvalue weighted by molar-refractivity contribution is 6.07. The van der Waals surface area contributed by atoms with E-state index >= 15 is 0 Å². The average molecular weight is 220 g/mol. The highest BCUT2D eigenvalue weighted by Gasteiger charge is 2.66. The molecule has 16 heavy (non-hydrogen) atoms. The number of fused-ring (bicyclic) bond motifs is 6. The minimum atomic E-state index is -0.521. The van der Waals surface area contributed by atoms with E-state index in [-0.39, 0.29) is 11.9 Å². The van der Waals surface area contributed by atoms with Crippen LogP contribution in [-0.2, 0) is 4.79 Å². The van der Waals surface area contributed by atoms with Gasteiger partial charge < -0.3 is 5.32 Å². The Hall–Kier alpha value is -1.06. The van der Waals surface area contributed by atoms with E-state index in [4.69, 9.17) is 0 Å². The van der Waals surface area contributed by atoms with Crippen LogP contribution in [0.25, 0.3) is 0 Å². The van der Waals surface area contributed by atoms with Crippen LogP contribution in [0.1, 0.15) is 32.1 Å². The molecule has 3 amide bonds. The summed E-state index contributed by atoms with van der Waals surface area (Å²) in [5.41, 5.74) is -0.521. The Bertz CT molecular complexity index is 394. The van der Waals surface area contributed by atoms with Crippen LogP contribution < -0.4 is 10.6 Å². The van der Waals surface area contributed by atoms with Crippen LogP contribution in [-0.4, -0.2) is 17.5 Å². The molecule has 3 aliphatic carbocycles. The number of amides is 3. The summed E-state index contributed by atoms with van der Waals surface area (Å²) in [5, 5.41) is 5.35. The third kappa shape index (κ3) is 0.837. The van der Waals surface area contributed by atoms with Crippen LogP contribution in [0, 0.1) is 23.7 Å². The zero-order chi connectivity index (χ0) is 10.9. The van der Waals surface area contributed by atoms with Crippen molar-refractivity contribution in [1.29, 1.82) is 0 Å². The van der Waals surface area contributed by atoms with Crippen LogP contribution in [0.4, 0.5) is 4.79 Å². The molecular weight excluding hydrogens is 204 g/mol. The summed E-state index contributed by atoms with van der Waals surface area (Å²) in [6.45, 7) is 0. The minimum Gasteiger partial charge on any atom is -0.323 e. The van der Waals surface area contributed by atoms with Crippen molar-refractivity contribution in [2.75, 3.05) is 0 Å². The van der Waals surface area contributed by atoms with E-state index in [2.05, 4.69) is 10.6 Å². The van der Waals surface area contributed by atoms with E-state index in [1.54, 1.807) is 0 Å². The first-order chi connectivity index (χ1) is 7.71. The largest absolute Gasteiger partial charge is 0.323 e. The maximum atomic E-state index is 12.0. The fourth-order valence-corrected chi connectivity index (χ4v) is 5.05. The van der Waals surface area contributed by atoms with Crippen molar-refractivity contribution >= 4 is 11.9 Å². The molecule has 0 aromatic heterocycles. The lowest BCUT2D eigenvalue weighted by Gasteiger charge is -2.37. The molecule has 0 aromatic carbocycles. The predicted octanol–water partition coefficient (Wildman–Crippen LogP) is 1.02.